The topological polar surface area (TPSA) is 84.2 Å². The van der Waals surface area contributed by atoms with Crippen molar-refractivity contribution in [2.24, 2.45) is 0 Å². The van der Waals surface area contributed by atoms with E-state index >= 15 is 0 Å². The third-order valence-corrected chi connectivity index (χ3v) is 3.66. The molecule has 1 aliphatic rings. The number of aromatic amines is 1. The molecule has 2 unspecified atom stereocenters. The number of nitrogens with zero attached hydrogens (tertiary/aromatic N) is 2. The van der Waals surface area contributed by atoms with Crippen molar-refractivity contribution in [2.45, 2.75) is 26.0 Å². The number of anilines is 1. The summed E-state index contributed by atoms with van der Waals surface area (Å²) in [5.41, 5.74) is 7.66. The number of H-pyrrole nitrogens is 1. The van der Waals surface area contributed by atoms with E-state index in [0.717, 1.165) is 10.9 Å². The largest absolute Gasteiger partial charge is 0.399 e. The van der Waals surface area contributed by atoms with Crippen LogP contribution in [0.3, 0.4) is 0 Å². The van der Waals surface area contributed by atoms with Crippen LogP contribution in [0.4, 0.5) is 5.69 Å². The maximum absolute atomic E-state index is 12.7. The highest BCUT2D eigenvalue weighted by Crippen LogP contribution is 2.22. The van der Waals surface area contributed by atoms with E-state index < -0.39 is 0 Å². The van der Waals surface area contributed by atoms with E-state index in [0.29, 0.717) is 24.5 Å². The first-order chi connectivity index (χ1) is 9.56. The first-order valence-electron chi connectivity index (χ1n) is 6.72. The highest BCUT2D eigenvalue weighted by molar-refractivity contribution is 6.05. The van der Waals surface area contributed by atoms with Crippen LogP contribution in [0.2, 0.25) is 0 Å². The SMILES string of the molecule is CC1CN(C(=O)c2n[nH]c3ccc(N)cc23)C(C)CO1. The number of ether oxygens (including phenoxy) is 1. The third-order valence-electron chi connectivity index (χ3n) is 3.66. The molecule has 1 aromatic carbocycles. The van der Waals surface area contributed by atoms with Gasteiger partial charge < -0.3 is 15.4 Å². The van der Waals surface area contributed by atoms with Crippen LogP contribution in [-0.2, 0) is 4.74 Å². The molecule has 0 radical (unpaired) electrons. The maximum atomic E-state index is 12.7. The molecule has 0 saturated carbocycles. The fourth-order valence-electron chi connectivity index (χ4n) is 2.52. The number of benzene rings is 1. The van der Waals surface area contributed by atoms with Gasteiger partial charge in [-0.3, -0.25) is 9.89 Å². The Kier molecular flexibility index (Phi) is 3.10. The molecule has 1 saturated heterocycles. The van der Waals surface area contributed by atoms with Gasteiger partial charge in [-0.2, -0.15) is 5.10 Å². The predicted octanol–water partition coefficient (Wildman–Crippen LogP) is 1.39. The molecular weight excluding hydrogens is 256 g/mol. The highest BCUT2D eigenvalue weighted by atomic mass is 16.5. The predicted molar refractivity (Wildman–Crippen MR) is 76.4 cm³/mol. The first-order valence-corrected chi connectivity index (χ1v) is 6.72. The van der Waals surface area contributed by atoms with Gasteiger partial charge in [0.25, 0.3) is 5.91 Å². The van der Waals surface area contributed by atoms with Crippen LogP contribution in [0.15, 0.2) is 18.2 Å². The van der Waals surface area contributed by atoms with Crippen molar-refractivity contribution in [3.05, 3.63) is 23.9 Å². The molecule has 6 nitrogen and oxygen atoms in total. The first kappa shape index (κ1) is 12.9. The molecular formula is C14H18N4O2. The molecule has 1 aromatic heterocycles. The maximum Gasteiger partial charge on any atom is 0.275 e. The van der Waals surface area contributed by atoms with E-state index in [1.807, 2.05) is 24.8 Å². The normalized spacial score (nSPS) is 23.2. The minimum atomic E-state index is -0.0792. The quantitative estimate of drug-likeness (QED) is 0.770. The zero-order valence-electron chi connectivity index (χ0n) is 11.6. The van der Waals surface area contributed by atoms with Crippen molar-refractivity contribution in [3.8, 4) is 0 Å². The molecule has 6 heteroatoms. The van der Waals surface area contributed by atoms with Gasteiger partial charge in [0.1, 0.15) is 0 Å². The van der Waals surface area contributed by atoms with E-state index in [4.69, 9.17) is 10.5 Å². The number of amides is 1. The summed E-state index contributed by atoms with van der Waals surface area (Å²) in [4.78, 5) is 14.5. The number of aromatic nitrogens is 2. The summed E-state index contributed by atoms with van der Waals surface area (Å²) in [6.45, 7) is 5.08. The van der Waals surface area contributed by atoms with E-state index in [1.54, 1.807) is 12.1 Å². The Labute approximate surface area is 116 Å². The number of rotatable bonds is 1. The lowest BCUT2D eigenvalue weighted by atomic mass is 10.1. The van der Waals surface area contributed by atoms with E-state index in [-0.39, 0.29) is 18.1 Å². The lowest BCUT2D eigenvalue weighted by Gasteiger charge is -2.36. The molecule has 1 fully saturated rings. The van der Waals surface area contributed by atoms with Crippen molar-refractivity contribution >= 4 is 22.5 Å². The fourth-order valence-corrected chi connectivity index (χ4v) is 2.52. The number of fused-ring (bicyclic) bond motifs is 1. The molecule has 0 aliphatic carbocycles. The molecule has 0 spiro atoms. The molecule has 2 aromatic rings. The molecule has 1 aliphatic heterocycles. The van der Waals surface area contributed by atoms with Crippen molar-refractivity contribution < 1.29 is 9.53 Å². The van der Waals surface area contributed by atoms with E-state index in [9.17, 15) is 4.79 Å². The number of morpholine rings is 1. The summed E-state index contributed by atoms with van der Waals surface area (Å²) in [5, 5.41) is 7.80. The summed E-state index contributed by atoms with van der Waals surface area (Å²) in [5.74, 6) is -0.0792. The second kappa shape index (κ2) is 4.79. The van der Waals surface area contributed by atoms with Crippen molar-refractivity contribution in [1.29, 1.82) is 0 Å². The monoisotopic (exact) mass is 274 g/mol. The Morgan fingerprint density at radius 2 is 2.30 bits per heavy atom. The lowest BCUT2D eigenvalue weighted by Crippen LogP contribution is -2.50. The van der Waals surface area contributed by atoms with Crippen LogP contribution in [-0.4, -0.2) is 46.3 Å². The summed E-state index contributed by atoms with van der Waals surface area (Å²) >= 11 is 0. The smallest absolute Gasteiger partial charge is 0.275 e. The molecule has 1 amide bonds. The number of carbonyl (C=O) groups is 1. The Morgan fingerprint density at radius 1 is 1.50 bits per heavy atom. The number of nitrogens with one attached hydrogen (secondary N) is 1. The molecule has 2 heterocycles. The molecule has 20 heavy (non-hydrogen) atoms. The number of nitrogens with two attached hydrogens (primary N) is 1. The fraction of sp³-hybridized carbons (Fsp3) is 0.429. The number of hydrogen-bond acceptors (Lipinski definition) is 4. The van der Waals surface area contributed by atoms with Crippen LogP contribution in [0.1, 0.15) is 24.3 Å². The number of hydrogen-bond donors (Lipinski definition) is 2. The van der Waals surface area contributed by atoms with Gasteiger partial charge in [0, 0.05) is 17.6 Å². The number of nitrogen functional groups attached to an aromatic ring is 1. The Balaban J connectivity index is 1.97. The Morgan fingerprint density at radius 3 is 3.10 bits per heavy atom. The van der Waals surface area contributed by atoms with Crippen LogP contribution in [0.5, 0.6) is 0 Å². The molecule has 2 atom stereocenters. The van der Waals surface area contributed by atoms with Crippen LogP contribution >= 0.6 is 0 Å². The second-order valence-electron chi connectivity index (χ2n) is 5.33. The Hall–Kier alpha value is -2.08. The molecule has 0 bridgehead atoms. The molecule has 3 N–H and O–H groups in total. The highest BCUT2D eigenvalue weighted by Gasteiger charge is 2.30. The van der Waals surface area contributed by atoms with Gasteiger partial charge in [0.2, 0.25) is 0 Å². The number of carbonyl (C=O) groups excluding carboxylic acids is 1. The average Bonchev–Trinajstić information content (AvgIpc) is 2.83. The standard InChI is InChI=1S/C14H18N4O2/c1-8-7-20-9(2)6-18(8)14(19)13-11-5-10(15)3-4-12(11)16-17-13/h3-5,8-9H,6-7,15H2,1-2H3,(H,16,17). The lowest BCUT2D eigenvalue weighted by molar-refractivity contribution is -0.0388. The zero-order chi connectivity index (χ0) is 14.3. The van der Waals surface area contributed by atoms with Crippen LogP contribution in [0.25, 0.3) is 10.9 Å². The van der Waals surface area contributed by atoms with Gasteiger partial charge in [0.05, 0.1) is 24.3 Å². The van der Waals surface area contributed by atoms with E-state index in [1.165, 1.54) is 0 Å². The van der Waals surface area contributed by atoms with Gasteiger partial charge in [-0.25, -0.2) is 0 Å². The Bertz CT molecular complexity index is 652. The third kappa shape index (κ3) is 2.12. The minimum Gasteiger partial charge on any atom is -0.399 e. The van der Waals surface area contributed by atoms with Gasteiger partial charge in [-0.1, -0.05) is 0 Å². The summed E-state index contributed by atoms with van der Waals surface area (Å²) in [6.07, 6.45) is 0.0467. The second-order valence-corrected chi connectivity index (χ2v) is 5.33. The van der Waals surface area contributed by atoms with Crippen molar-refractivity contribution in [3.63, 3.8) is 0 Å². The summed E-state index contributed by atoms with van der Waals surface area (Å²) in [7, 11) is 0. The van der Waals surface area contributed by atoms with Crippen molar-refractivity contribution in [2.75, 3.05) is 18.9 Å². The molecule has 106 valence electrons. The zero-order valence-corrected chi connectivity index (χ0v) is 11.6. The summed E-state index contributed by atoms with van der Waals surface area (Å²) in [6, 6.07) is 5.45. The van der Waals surface area contributed by atoms with Gasteiger partial charge >= 0.3 is 0 Å². The van der Waals surface area contributed by atoms with Gasteiger partial charge in [-0.15, -0.1) is 0 Å². The van der Waals surface area contributed by atoms with Crippen molar-refractivity contribution in [1.82, 2.24) is 15.1 Å². The summed E-state index contributed by atoms with van der Waals surface area (Å²) < 4.78 is 5.55. The van der Waals surface area contributed by atoms with Gasteiger partial charge in [-0.05, 0) is 32.0 Å². The molecule has 3 rings (SSSR count). The van der Waals surface area contributed by atoms with Crippen LogP contribution < -0.4 is 5.73 Å². The average molecular weight is 274 g/mol. The van der Waals surface area contributed by atoms with Crippen LogP contribution in [0, 0.1) is 0 Å². The van der Waals surface area contributed by atoms with Gasteiger partial charge in [0.15, 0.2) is 5.69 Å². The van der Waals surface area contributed by atoms with E-state index in [2.05, 4.69) is 10.2 Å². The minimum absolute atomic E-state index is 0.0467.